The average Bonchev–Trinajstić information content (AvgIpc) is 2.31. The molecule has 0 unspecified atom stereocenters. The molecule has 3 heteroatoms. The second-order valence-electron chi connectivity index (χ2n) is 3.47. The van der Waals surface area contributed by atoms with Gasteiger partial charge in [0.05, 0.1) is 20.1 Å². The highest BCUT2D eigenvalue weighted by Crippen LogP contribution is 2.19. The molecule has 0 saturated carbocycles. The van der Waals surface area contributed by atoms with Gasteiger partial charge in [-0.1, -0.05) is 13.0 Å². The summed E-state index contributed by atoms with van der Waals surface area (Å²) in [7, 11) is 1.41. The summed E-state index contributed by atoms with van der Waals surface area (Å²) in [5.41, 5.74) is 2.15. The molecule has 16 heavy (non-hydrogen) atoms. The summed E-state index contributed by atoms with van der Waals surface area (Å²) in [6.07, 6.45) is 1.21. The van der Waals surface area contributed by atoms with Gasteiger partial charge < -0.3 is 9.47 Å². The Morgan fingerprint density at radius 2 is 2.00 bits per heavy atom. The van der Waals surface area contributed by atoms with Gasteiger partial charge in [0.15, 0.2) is 0 Å². The Morgan fingerprint density at radius 1 is 1.25 bits per heavy atom. The molecule has 0 radical (unpaired) electrons. The molecule has 0 heterocycles. The van der Waals surface area contributed by atoms with Crippen LogP contribution in [0.1, 0.15) is 25.0 Å². The van der Waals surface area contributed by atoms with Crippen LogP contribution in [0, 0.1) is 0 Å². The van der Waals surface area contributed by atoms with Crippen molar-refractivity contribution < 1.29 is 14.3 Å². The van der Waals surface area contributed by atoms with Crippen LogP contribution in [0.25, 0.3) is 0 Å². The lowest BCUT2D eigenvalue weighted by atomic mass is 10.0. The van der Waals surface area contributed by atoms with Gasteiger partial charge in [0, 0.05) is 0 Å². The Balaban J connectivity index is 2.88. The van der Waals surface area contributed by atoms with Gasteiger partial charge in [0.25, 0.3) is 0 Å². The number of carbonyl (C=O) groups is 1. The lowest BCUT2D eigenvalue weighted by Crippen LogP contribution is -2.07. The predicted octanol–water partition coefficient (Wildman–Crippen LogP) is 2.36. The normalized spacial score (nSPS) is 9.94. The van der Waals surface area contributed by atoms with Gasteiger partial charge in [-0.25, -0.2) is 0 Å². The van der Waals surface area contributed by atoms with Crippen molar-refractivity contribution in [3.8, 4) is 5.75 Å². The van der Waals surface area contributed by atoms with Crippen LogP contribution in [0.5, 0.6) is 5.75 Å². The maximum absolute atomic E-state index is 11.2. The molecular formula is C13H18O3. The summed E-state index contributed by atoms with van der Waals surface area (Å²) in [6, 6.07) is 5.81. The minimum absolute atomic E-state index is 0.209. The summed E-state index contributed by atoms with van der Waals surface area (Å²) in [5.74, 6) is 0.645. The zero-order chi connectivity index (χ0) is 12.0. The average molecular weight is 222 g/mol. The zero-order valence-corrected chi connectivity index (χ0v) is 10.1. The van der Waals surface area contributed by atoms with E-state index in [4.69, 9.17) is 4.74 Å². The molecular weight excluding hydrogens is 204 g/mol. The van der Waals surface area contributed by atoms with Crippen LogP contribution < -0.4 is 4.74 Å². The minimum atomic E-state index is -0.209. The van der Waals surface area contributed by atoms with Gasteiger partial charge in [0.1, 0.15) is 5.75 Å². The lowest BCUT2D eigenvalue weighted by molar-refractivity contribution is -0.139. The van der Waals surface area contributed by atoms with E-state index >= 15 is 0 Å². The second-order valence-corrected chi connectivity index (χ2v) is 3.47. The topological polar surface area (TPSA) is 35.5 Å². The van der Waals surface area contributed by atoms with E-state index in [9.17, 15) is 4.79 Å². The fourth-order valence-electron chi connectivity index (χ4n) is 1.59. The van der Waals surface area contributed by atoms with E-state index in [1.165, 1.54) is 7.11 Å². The lowest BCUT2D eigenvalue weighted by Gasteiger charge is -2.10. The summed E-state index contributed by atoms with van der Waals surface area (Å²) in [4.78, 5) is 11.2. The van der Waals surface area contributed by atoms with Crippen molar-refractivity contribution in [1.82, 2.24) is 0 Å². The highest BCUT2D eigenvalue weighted by atomic mass is 16.5. The number of hydrogen-bond acceptors (Lipinski definition) is 3. The third-order valence-corrected chi connectivity index (χ3v) is 2.43. The van der Waals surface area contributed by atoms with E-state index in [2.05, 4.69) is 11.7 Å². The Kier molecular flexibility index (Phi) is 4.83. The fraction of sp³-hybridized carbons (Fsp3) is 0.462. The molecule has 1 rings (SSSR count). The van der Waals surface area contributed by atoms with Crippen molar-refractivity contribution in [2.45, 2.75) is 26.7 Å². The molecule has 0 aliphatic rings. The van der Waals surface area contributed by atoms with Crippen LogP contribution in [0.3, 0.4) is 0 Å². The van der Waals surface area contributed by atoms with E-state index < -0.39 is 0 Å². The third-order valence-electron chi connectivity index (χ3n) is 2.43. The Bertz CT molecular complexity index is 358. The summed E-state index contributed by atoms with van der Waals surface area (Å²) in [6.45, 7) is 4.67. The molecule has 0 amide bonds. The molecule has 88 valence electrons. The van der Waals surface area contributed by atoms with Crippen LogP contribution in [0.2, 0.25) is 0 Å². The SMILES string of the molecule is CCOc1ccc(CC(=O)OC)c(CC)c1. The smallest absolute Gasteiger partial charge is 0.309 e. The van der Waals surface area contributed by atoms with Crippen molar-refractivity contribution >= 4 is 5.97 Å². The molecule has 0 aromatic heterocycles. The zero-order valence-electron chi connectivity index (χ0n) is 10.1. The van der Waals surface area contributed by atoms with Gasteiger partial charge in [-0.05, 0) is 36.6 Å². The van der Waals surface area contributed by atoms with Crippen LogP contribution in [0.4, 0.5) is 0 Å². The van der Waals surface area contributed by atoms with E-state index in [-0.39, 0.29) is 5.97 Å². The summed E-state index contributed by atoms with van der Waals surface area (Å²) < 4.78 is 10.1. The molecule has 0 atom stereocenters. The van der Waals surface area contributed by atoms with E-state index in [1.54, 1.807) is 0 Å². The van der Waals surface area contributed by atoms with Crippen LogP contribution >= 0.6 is 0 Å². The number of ether oxygens (including phenoxy) is 2. The molecule has 1 aromatic rings. The van der Waals surface area contributed by atoms with Crippen molar-refractivity contribution in [3.63, 3.8) is 0 Å². The first-order valence-electron chi connectivity index (χ1n) is 5.52. The van der Waals surface area contributed by atoms with Crippen LogP contribution in [-0.4, -0.2) is 19.7 Å². The number of benzene rings is 1. The number of methoxy groups -OCH3 is 1. The van der Waals surface area contributed by atoms with Gasteiger partial charge in [0.2, 0.25) is 0 Å². The molecule has 0 N–H and O–H groups in total. The largest absolute Gasteiger partial charge is 0.494 e. The first kappa shape index (κ1) is 12.6. The quantitative estimate of drug-likeness (QED) is 0.717. The minimum Gasteiger partial charge on any atom is -0.494 e. The number of hydrogen-bond donors (Lipinski definition) is 0. The fourth-order valence-corrected chi connectivity index (χ4v) is 1.59. The van der Waals surface area contributed by atoms with Gasteiger partial charge >= 0.3 is 5.97 Å². The van der Waals surface area contributed by atoms with Crippen molar-refractivity contribution in [2.75, 3.05) is 13.7 Å². The molecule has 0 aliphatic carbocycles. The molecule has 0 bridgehead atoms. The molecule has 0 spiro atoms. The standard InChI is InChI=1S/C13H18O3/c1-4-10-8-12(16-5-2)7-6-11(10)9-13(14)15-3/h6-8H,4-5,9H2,1-3H3. The van der Waals surface area contributed by atoms with E-state index in [0.29, 0.717) is 13.0 Å². The first-order valence-corrected chi connectivity index (χ1v) is 5.52. The van der Waals surface area contributed by atoms with Crippen molar-refractivity contribution in [1.29, 1.82) is 0 Å². The second kappa shape index (κ2) is 6.16. The third kappa shape index (κ3) is 3.26. The van der Waals surface area contributed by atoms with Gasteiger partial charge in [-0.2, -0.15) is 0 Å². The Labute approximate surface area is 96.4 Å². The van der Waals surface area contributed by atoms with E-state index in [0.717, 1.165) is 23.3 Å². The summed E-state index contributed by atoms with van der Waals surface area (Å²) in [5, 5.41) is 0. The molecule has 0 fully saturated rings. The highest BCUT2D eigenvalue weighted by Gasteiger charge is 2.08. The number of esters is 1. The maximum atomic E-state index is 11.2. The Hall–Kier alpha value is -1.51. The summed E-state index contributed by atoms with van der Waals surface area (Å²) >= 11 is 0. The number of carbonyl (C=O) groups excluding carboxylic acids is 1. The number of aryl methyl sites for hydroxylation is 1. The van der Waals surface area contributed by atoms with Crippen molar-refractivity contribution in [3.05, 3.63) is 29.3 Å². The molecule has 0 saturated heterocycles. The number of rotatable bonds is 5. The molecule has 3 nitrogen and oxygen atoms in total. The van der Waals surface area contributed by atoms with Crippen LogP contribution in [-0.2, 0) is 22.4 Å². The van der Waals surface area contributed by atoms with Crippen molar-refractivity contribution in [2.24, 2.45) is 0 Å². The van der Waals surface area contributed by atoms with E-state index in [1.807, 2.05) is 25.1 Å². The molecule has 1 aromatic carbocycles. The highest BCUT2D eigenvalue weighted by molar-refractivity contribution is 5.73. The van der Waals surface area contributed by atoms with Gasteiger partial charge in [-0.3, -0.25) is 4.79 Å². The maximum Gasteiger partial charge on any atom is 0.309 e. The van der Waals surface area contributed by atoms with Gasteiger partial charge in [-0.15, -0.1) is 0 Å². The van der Waals surface area contributed by atoms with Crippen LogP contribution in [0.15, 0.2) is 18.2 Å². The first-order chi connectivity index (χ1) is 7.71. The molecule has 0 aliphatic heterocycles. The monoisotopic (exact) mass is 222 g/mol. The Morgan fingerprint density at radius 3 is 2.56 bits per heavy atom. The predicted molar refractivity (Wildman–Crippen MR) is 62.7 cm³/mol.